The number of rotatable bonds is 8. The third kappa shape index (κ3) is 4.94. The molecule has 0 radical (unpaired) electrons. The molecule has 1 aromatic heterocycles. The molecule has 206 valence electrons. The first kappa shape index (κ1) is 26.0. The number of aliphatic hydroxyl groups is 1. The van der Waals surface area contributed by atoms with Crippen molar-refractivity contribution in [3.63, 3.8) is 0 Å². The second-order valence-electron chi connectivity index (χ2n) is 12.7. The number of hydrogen-bond acceptors (Lipinski definition) is 8. The lowest BCUT2D eigenvalue weighted by atomic mass is 9.52. The van der Waals surface area contributed by atoms with E-state index >= 15 is 0 Å². The number of ether oxygens (including phenoxy) is 1. The summed E-state index contributed by atoms with van der Waals surface area (Å²) >= 11 is 1.60. The highest BCUT2D eigenvalue weighted by Crippen LogP contribution is 2.55. The predicted molar refractivity (Wildman–Crippen MR) is 139 cm³/mol. The lowest BCUT2D eigenvalue weighted by Gasteiger charge is -2.58. The monoisotopic (exact) mass is 553 g/mol. The Morgan fingerprint density at radius 2 is 1.92 bits per heavy atom. The molecule has 5 aliphatic carbocycles. The average Bonchev–Trinajstić information content (AvgIpc) is 3.54. The van der Waals surface area contributed by atoms with E-state index in [1.165, 1.54) is 4.31 Å². The molecule has 1 amide bonds. The largest absolute Gasteiger partial charge is 0.473 e. The number of carbonyl (C=O) groups excluding carboxylic acids is 1. The minimum atomic E-state index is -3.29. The molecule has 1 aliphatic heterocycles. The second-order valence-corrected chi connectivity index (χ2v) is 16.0. The van der Waals surface area contributed by atoms with Gasteiger partial charge in [-0.05, 0) is 88.1 Å². The second kappa shape index (κ2) is 9.41. The molecule has 9 nitrogen and oxygen atoms in total. The van der Waals surface area contributed by atoms with Gasteiger partial charge in [0.1, 0.15) is 11.5 Å². The summed E-state index contributed by atoms with van der Waals surface area (Å²) in [5.41, 5.74) is -1.29. The minimum Gasteiger partial charge on any atom is -0.473 e. The van der Waals surface area contributed by atoms with Crippen molar-refractivity contribution < 1.29 is 27.6 Å². The van der Waals surface area contributed by atoms with Crippen molar-refractivity contribution in [2.24, 2.45) is 17.8 Å². The molecule has 2 atom stereocenters. The molecule has 2 heterocycles. The molecule has 5 saturated carbocycles. The molecule has 0 spiro atoms. The SMILES string of the molecule is CC(C)(COc1noc(C(=O)N[C@H]2C3CC4CC2C[C@](O)(C4)C3)c1SC1CCCC1)N1CCCS1(=O)=O. The number of thioether (sulfide) groups is 1. The van der Waals surface area contributed by atoms with Crippen molar-refractivity contribution >= 4 is 27.7 Å². The van der Waals surface area contributed by atoms with Gasteiger partial charge in [-0.15, -0.1) is 11.8 Å². The van der Waals surface area contributed by atoms with Crippen LogP contribution in [0.1, 0.15) is 88.6 Å². The number of nitrogens with one attached hydrogen (secondary N) is 1. The summed E-state index contributed by atoms with van der Waals surface area (Å²) in [4.78, 5) is 14.2. The molecule has 6 aliphatic rings. The molecule has 0 aromatic carbocycles. The van der Waals surface area contributed by atoms with Crippen LogP contribution in [0.3, 0.4) is 0 Å². The van der Waals surface area contributed by atoms with Gasteiger partial charge < -0.3 is 19.7 Å². The van der Waals surface area contributed by atoms with Gasteiger partial charge in [-0.3, -0.25) is 4.79 Å². The van der Waals surface area contributed by atoms with Crippen LogP contribution in [0, 0.1) is 17.8 Å². The summed E-state index contributed by atoms with van der Waals surface area (Å²) in [5, 5.41) is 18.7. The van der Waals surface area contributed by atoms with Gasteiger partial charge in [0.05, 0.1) is 16.9 Å². The molecule has 6 fully saturated rings. The predicted octanol–water partition coefficient (Wildman–Crippen LogP) is 3.57. The zero-order chi connectivity index (χ0) is 26.0. The molecule has 2 N–H and O–H groups in total. The molecule has 11 heteroatoms. The van der Waals surface area contributed by atoms with E-state index in [1.54, 1.807) is 11.8 Å². The van der Waals surface area contributed by atoms with E-state index in [4.69, 9.17) is 9.26 Å². The maximum Gasteiger partial charge on any atom is 0.291 e. The van der Waals surface area contributed by atoms with Gasteiger partial charge in [-0.2, -0.15) is 4.31 Å². The average molecular weight is 554 g/mol. The number of sulfonamides is 1. The molecule has 1 aromatic rings. The van der Waals surface area contributed by atoms with Crippen LogP contribution < -0.4 is 10.1 Å². The van der Waals surface area contributed by atoms with Gasteiger partial charge in [-0.1, -0.05) is 12.8 Å². The van der Waals surface area contributed by atoms with Crippen molar-refractivity contribution in [1.82, 2.24) is 14.8 Å². The van der Waals surface area contributed by atoms with Crippen molar-refractivity contribution in [3.8, 4) is 5.88 Å². The first-order valence-electron chi connectivity index (χ1n) is 13.9. The van der Waals surface area contributed by atoms with Crippen LogP contribution in [-0.2, 0) is 10.0 Å². The van der Waals surface area contributed by atoms with Gasteiger partial charge in [0.2, 0.25) is 15.8 Å². The smallest absolute Gasteiger partial charge is 0.291 e. The standard InChI is InChI=1S/C26H39N3O6S2/c1-25(2,29-8-5-9-37(29,32)33)15-34-24-22(36-19-6-3-4-7-19)21(35-28-24)23(30)27-20-17-10-16-11-18(20)14-26(31,12-16)13-17/h16-20,31H,3-15H2,1-2H3,(H,27,30)/t16?,17?,18?,20-,26-. The number of aromatic nitrogens is 1. The van der Waals surface area contributed by atoms with Gasteiger partial charge in [0, 0.05) is 17.8 Å². The Hall–Kier alpha value is -1.30. The Labute approximate surface area is 223 Å². The summed E-state index contributed by atoms with van der Waals surface area (Å²) in [5.74, 6) is 1.51. The number of nitrogens with zero attached hydrogens (tertiary/aromatic N) is 2. The normalized spacial score (nSPS) is 35.3. The van der Waals surface area contributed by atoms with Gasteiger partial charge >= 0.3 is 0 Å². The Kier molecular flexibility index (Phi) is 6.60. The highest BCUT2D eigenvalue weighted by Gasteiger charge is 2.55. The topological polar surface area (TPSA) is 122 Å². The van der Waals surface area contributed by atoms with Crippen molar-refractivity contribution in [2.45, 2.75) is 105 Å². The summed E-state index contributed by atoms with van der Waals surface area (Å²) < 4.78 is 38.2. The van der Waals surface area contributed by atoms with Crippen molar-refractivity contribution in [1.29, 1.82) is 0 Å². The van der Waals surface area contributed by atoms with Crippen LogP contribution in [0.25, 0.3) is 0 Å². The summed E-state index contributed by atoms with van der Waals surface area (Å²) in [6, 6.07) is 0.0439. The van der Waals surface area contributed by atoms with E-state index in [-0.39, 0.29) is 35.9 Å². The molecule has 1 saturated heterocycles. The van der Waals surface area contributed by atoms with E-state index < -0.39 is 21.2 Å². The van der Waals surface area contributed by atoms with Gasteiger partial charge in [0.15, 0.2) is 0 Å². The van der Waals surface area contributed by atoms with E-state index in [1.807, 2.05) is 13.8 Å². The molecular weight excluding hydrogens is 514 g/mol. The maximum absolute atomic E-state index is 13.6. The zero-order valence-corrected chi connectivity index (χ0v) is 23.4. The van der Waals surface area contributed by atoms with Gasteiger partial charge in [0.25, 0.3) is 11.8 Å². The fraction of sp³-hybridized carbons (Fsp3) is 0.846. The fourth-order valence-electron chi connectivity index (χ4n) is 7.85. The molecule has 7 rings (SSSR count). The summed E-state index contributed by atoms with van der Waals surface area (Å²) in [6.45, 7) is 4.31. The lowest BCUT2D eigenvalue weighted by molar-refractivity contribution is -0.137. The first-order chi connectivity index (χ1) is 17.5. The summed E-state index contributed by atoms with van der Waals surface area (Å²) in [6.07, 6.45) is 9.62. The van der Waals surface area contributed by atoms with Crippen molar-refractivity contribution in [3.05, 3.63) is 5.76 Å². The number of carbonyl (C=O) groups is 1. The first-order valence-corrected chi connectivity index (χ1v) is 16.3. The Bertz CT molecular complexity index is 1130. The van der Waals surface area contributed by atoms with E-state index in [9.17, 15) is 18.3 Å². The molecule has 2 unspecified atom stereocenters. The van der Waals surface area contributed by atoms with E-state index in [0.29, 0.717) is 40.9 Å². The third-order valence-corrected chi connectivity index (χ3v) is 12.8. The minimum absolute atomic E-state index is 0.0439. The quantitative estimate of drug-likeness (QED) is 0.501. The Balaban J connectivity index is 1.20. The van der Waals surface area contributed by atoms with Crippen molar-refractivity contribution in [2.75, 3.05) is 18.9 Å². The van der Waals surface area contributed by atoms with Crippen LogP contribution in [0.4, 0.5) is 0 Å². The fourth-order valence-corrected chi connectivity index (χ4v) is 11.1. The van der Waals surface area contributed by atoms with Crippen LogP contribution in [-0.4, -0.2) is 70.2 Å². The number of amides is 1. The van der Waals surface area contributed by atoms with E-state index in [0.717, 1.165) is 57.8 Å². The maximum atomic E-state index is 13.6. The molecule has 37 heavy (non-hydrogen) atoms. The van der Waals surface area contributed by atoms with Crippen LogP contribution in [0.5, 0.6) is 5.88 Å². The Morgan fingerprint density at radius 3 is 2.54 bits per heavy atom. The van der Waals surface area contributed by atoms with E-state index in [2.05, 4.69) is 10.5 Å². The molecule has 4 bridgehead atoms. The zero-order valence-electron chi connectivity index (χ0n) is 21.8. The van der Waals surface area contributed by atoms with Crippen LogP contribution in [0.2, 0.25) is 0 Å². The lowest BCUT2D eigenvalue weighted by Crippen LogP contribution is -2.61. The molecular formula is C26H39N3O6S2. The highest BCUT2D eigenvalue weighted by molar-refractivity contribution is 8.00. The Morgan fingerprint density at radius 1 is 1.22 bits per heavy atom. The summed E-state index contributed by atoms with van der Waals surface area (Å²) in [7, 11) is -3.29. The number of hydrogen-bond donors (Lipinski definition) is 2. The van der Waals surface area contributed by atoms with Crippen LogP contribution >= 0.6 is 11.8 Å². The highest BCUT2D eigenvalue weighted by atomic mass is 32.2. The van der Waals surface area contributed by atoms with Crippen LogP contribution in [0.15, 0.2) is 9.42 Å². The third-order valence-electron chi connectivity index (χ3n) is 9.29. The van der Waals surface area contributed by atoms with Gasteiger partial charge in [-0.25, -0.2) is 8.42 Å².